The maximum Gasteiger partial charge on any atom is 0.128 e. The number of benzene rings is 1. The SMILES string of the molecule is Clc1ccc(C2CCN(c3ccccn3)CC2)cc1. The predicted molar refractivity (Wildman–Crippen MR) is 79.9 cm³/mol. The van der Waals surface area contributed by atoms with Gasteiger partial charge in [-0.2, -0.15) is 0 Å². The lowest BCUT2D eigenvalue weighted by Crippen LogP contribution is -2.33. The Morgan fingerprint density at radius 3 is 2.37 bits per heavy atom. The van der Waals surface area contributed by atoms with Crippen molar-refractivity contribution in [1.82, 2.24) is 4.98 Å². The molecule has 0 saturated carbocycles. The molecule has 0 aliphatic carbocycles. The minimum atomic E-state index is 0.650. The first kappa shape index (κ1) is 12.5. The van der Waals surface area contributed by atoms with E-state index in [1.807, 2.05) is 30.5 Å². The standard InChI is InChI=1S/C16H17ClN2/c17-15-6-4-13(5-7-15)14-8-11-19(12-9-14)16-3-1-2-10-18-16/h1-7,10,14H,8-9,11-12H2. The van der Waals surface area contributed by atoms with Crippen molar-refractivity contribution in [2.75, 3.05) is 18.0 Å². The van der Waals surface area contributed by atoms with Gasteiger partial charge in [0.2, 0.25) is 0 Å². The van der Waals surface area contributed by atoms with Crippen molar-refractivity contribution in [3.8, 4) is 0 Å². The molecule has 2 heterocycles. The molecule has 0 unspecified atom stereocenters. The van der Waals surface area contributed by atoms with Gasteiger partial charge in [0.25, 0.3) is 0 Å². The number of hydrogen-bond donors (Lipinski definition) is 0. The largest absolute Gasteiger partial charge is 0.357 e. The molecule has 1 fully saturated rings. The first-order chi connectivity index (χ1) is 9.33. The van der Waals surface area contributed by atoms with E-state index < -0.39 is 0 Å². The summed E-state index contributed by atoms with van der Waals surface area (Å²) in [5, 5.41) is 0.815. The molecule has 0 atom stereocenters. The van der Waals surface area contributed by atoms with Gasteiger partial charge >= 0.3 is 0 Å². The Hall–Kier alpha value is -1.54. The van der Waals surface area contributed by atoms with Crippen molar-refractivity contribution in [3.63, 3.8) is 0 Å². The molecule has 2 aromatic rings. The summed E-state index contributed by atoms with van der Waals surface area (Å²) in [5.41, 5.74) is 1.41. The van der Waals surface area contributed by atoms with Crippen LogP contribution in [0.2, 0.25) is 5.02 Å². The van der Waals surface area contributed by atoms with Crippen LogP contribution < -0.4 is 4.90 Å². The summed E-state index contributed by atoms with van der Waals surface area (Å²) in [4.78, 5) is 6.79. The third-order valence-corrected chi connectivity index (χ3v) is 4.06. The number of pyridine rings is 1. The molecular weight excluding hydrogens is 256 g/mol. The molecule has 0 N–H and O–H groups in total. The van der Waals surface area contributed by atoms with Gasteiger partial charge in [-0.1, -0.05) is 29.8 Å². The fourth-order valence-corrected chi connectivity index (χ4v) is 2.84. The molecule has 0 amide bonds. The van der Waals surface area contributed by atoms with Crippen LogP contribution >= 0.6 is 11.6 Å². The van der Waals surface area contributed by atoms with E-state index in [1.165, 1.54) is 18.4 Å². The number of rotatable bonds is 2. The van der Waals surface area contributed by atoms with Crippen molar-refractivity contribution < 1.29 is 0 Å². The Balaban J connectivity index is 1.65. The van der Waals surface area contributed by atoms with E-state index in [9.17, 15) is 0 Å². The van der Waals surface area contributed by atoms with Crippen molar-refractivity contribution in [3.05, 3.63) is 59.2 Å². The van der Waals surface area contributed by atoms with Gasteiger partial charge in [-0.25, -0.2) is 4.98 Å². The summed E-state index contributed by atoms with van der Waals surface area (Å²) in [6.45, 7) is 2.15. The maximum absolute atomic E-state index is 5.94. The van der Waals surface area contributed by atoms with E-state index >= 15 is 0 Å². The number of nitrogens with zero attached hydrogens (tertiary/aromatic N) is 2. The Bertz CT molecular complexity index is 516. The van der Waals surface area contributed by atoms with Crippen molar-refractivity contribution in [2.45, 2.75) is 18.8 Å². The van der Waals surface area contributed by atoms with Gasteiger partial charge in [0.05, 0.1) is 0 Å². The topological polar surface area (TPSA) is 16.1 Å². The van der Waals surface area contributed by atoms with Crippen molar-refractivity contribution >= 4 is 17.4 Å². The third-order valence-electron chi connectivity index (χ3n) is 3.81. The Morgan fingerprint density at radius 2 is 1.74 bits per heavy atom. The maximum atomic E-state index is 5.94. The average molecular weight is 273 g/mol. The normalized spacial score (nSPS) is 16.6. The molecule has 2 nitrogen and oxygen atoms in total. The number of halogens is 1. The van der Waals surface area contributed by atoms with Gasteiger partial charge in [0, 0.05) is 24.3 Å². The minimum absolute atomic E-state index is 0.650. The molecule has 3 rings (SSSR count). The fraction of sp³-hybridized carbons (Fsp3) is 0.312. The van der Waals surface area contributed by atoms with E-state index in [0.717, 1.165) is 23.9 Å². The number of piperidine rings is 1. The molecule has 1 saturated heterocycles. The van der Waals surface area contributed by atoms with Crippen LogP contribution in [0.15, 0.2) is 48.7 Å². The smallest absolute Gasteiger partial charge is 0.128 e. The summed E-state index contributed by atoms with van der Waals surface area (Å²) < 4.78 is 0. The zero-order chi connectivity index (χ0) is 13.1. The Morgan fingerprint density at radius 1 is 1.00 bits per heavy atom. The zero-order valence-electron chi connectivity index (χ0n) is 10.8. The third kappa shape index (κ3) is 2.90. The second kappa shape index (κ2) is 5.62. The van der Waals surface area contributed by atoms with Gasteiger partial charge < -0.3 is 4.90 Å². The highest BCUT2D eigenvalue weighted by molar-refractivity contribution is 6.30. The van der Waals surface area contributed by atoms with Crippen LogP contribution in [0.25, 0.3) is 0 Å². The molecule has 0 bridgehead atoms. The average Bonchev–Trinajstić information content (AvgIpc) is 2.49. The first-order valence-corrected chi connectivity index (χ1v) is 7.12. The monoisotopic (exact) mass is 272 g/mol. The molecule has 1 aliphatic heterocycles. The number of anilines is 1. The van der Waals surface area contributed by atoms with E-state index in [1.54, 1.807) is 0 Å². The molecule has 1 aromatic heterocycles. The van der Waals surface area contributed by atoms with Gasteiger partial charge in [-0.15, -0.1) is 0 Å². The molecule has 98 valence electrons. The second-order valence-corrected chi connectivity index (χ2v) is 5.44. The predicted octanol–water partition coefficient (Wildman–Crippen LogP) is 4.12. The van der Waals surface area contributed by atoms with E-state index in [0.29, 0.717) is 5.92 Å². The highest BCUT2D eigenvalue weighted by Gasteiger charge is 2.21. The zero-order valence-corrected chi connectivity index (χ0v) is 11.6. The molecular formula is C16H17ClN2. The summed E-state index contributed by atoms with van der Waals surface area (Å²) in [5.74, 6) is 1.74. The summed E-state index contributed by atoms with van der Waals surface area (Å²) in [6.07, 6.45) is 4.22. The number of aromatic nitrogens is 1. The quantitative estimate of drug-likeness (QED) is 0.818. The summed E-state index contributed by atoms with van der Waals surface area (Å²) >= 11 is 5.94. The van der Waals surface area contributed by atoms with Gasteiger partial charge in [-0.05, 0) is 48.6 Å². The molecule has 1 aliphatic rings. The fourth-order valence-electron chi connectivity index (χ4n) is 2.72. The Kier molecular flexibility index (Phi) is 3.69. The van der Waals surface area contributed by atoms with E-state index in [-0.39, 0.29) is 0 Å². The van der Waals surface area contributed by atoms with Crippen LogP contribution in [0.4, 0.5) is 5.82 Å². The van der Waals surface area contributed by atoms with E-state index in [4.69, 9.17) is 11.6 Å². The lowest BCUT2D eigenvalue weighted by atomic mass is 9.89. The van der Waals surface area contributed by atoms with Gasteiger partial charge in [-0.3, -0.25) is 0 Å². The lowest BCUT2D eigenvalue weighted by Gasteiger charge is -2.33. The summed E-state index contributed by atoms with van der Waals surface area (Å²) in [6, 6.07) is 14.4. The lowest BCUT2D eigenvalue weighted by molar-refractivity contribution is 0.503. The van der Waals surface area contributed by atoms with Gasteiger partial charge in [0.1, 0.15) is 5.82 Å². The highest BCUT2D eigenvalue weighted by atomic mass is 35.5. The van der Waals surface area contributed by atoms with Crippen LogP contribution in [-0.4, -0.2) is 18.1 Å². The molecule has 19 heavy (non-hydrogen) atoms. The molecule has 0 spiro atoms. The van der Waals surface area contributed by atoms with E-state index in [2.05, 4.69) is 28.1 Å². The van der Waals surface area contributed by atoms with Crippen LogP contribution in [0, 0.1) is 0 Å². The van der Waals surface area contributed by atoms with Crippen LogP contribution in [-0.2, 0) is 0 Å². The Labute approximate surface area is 119 Å². The van der Waals surface area contributed by atoms with Crippen LogP contribution in [0.1, 0.15) is 24.3 Å². The first-order valence-electron chi connectivity index (χ1n) is 6.74. The highest BCUT2D eigenvalue weighted by Crippen LogP contribution is 2.30. The van der Waals surface area contributed by atoms with Crippen LogP contribution in [0.5, 0.6) is 0 Å². The second-order valence-electron chi connectivity index (χ2n) is 5.00. The minimum Gasteiger partial charge on any atom is -0.357 e. The number of hydrogen-bond acceptors (Lipinski definition) is 2. The van der Waals surface area contributed by atoms with Crippen molar-refractivity contribution in [2.24, 2.45) is 0 Å². The van der Waals surface area contributed by atoms with Crippen LogP contribution in [0.3, 0.4) is 0 Å². The van der Waals surface area contributed by atoms with Gasteiger partial charge in [0.15, 0.2) is 0 Å². The molecule has 1 aromatic carbocycles. The molecule has 3 heteroatoms. The summed E-state index contributed by atoms with van der Waals surface area (Å²) in [7, 11) is 0. The van der Waals surface area contributed by atoms with Crippen molar-refractivity contribution in [1.29, 1.82) is 0 Å². The molecule has 0 radical (unpaired) electrons.